The molecule has 0 fully saturated rings. The summed E-state index contributed by atoms with van der Waals surface area (Å²) >= 11 is 0. The van der Waals surface area contributed by atoms with Crippen LogP contribution in [0.15, 0.2) is 0 Å². The molecule has 0 aromatic rings. The third-order valence-electron chi connectivity index (χ3n) is 3.10. The summed E-state index contributed by atoms with van der Waals surface area (Å²) in [6, 6.07) is 0.156. The SMILES string of the molecule is CCC(C)N(CC(C)C(=O)OC)C(=O)CC(C)C. The minimum Gasteiger partial charge on any atom is -0.469 e. The van der Waals surface area contributed by atoms with E-state index >= 15 is 0 Å². The van der Waals surface area contributed by atoms with Crippen molar-refractivity contribution in [3.05, 3.63) is 0 Å². The lowest BCUT2D eigenvalue weighted by Crippen LogP contribution is -2.43. The third kappa shape index (κ3) is 5.52. The second kappa shape index (κ2) is 8.11. The fourth-order valence-electron chi connectivity index (χ4n) is 1.79. The summed E-state index contributed by atoms with van der Waals surface area (Å²) in [6.07, 6.45) is 1.41. The number of nitrogens with zero attached hydrogens (tertiary/aromatic N) is 1. The summed E-state index contributed by atoms with van der Waals surface area (Å²) in [4.78, 5) is 25.4. The van der Waals surface area contributed by atoms with Gasteiger partial charge in [-0.3, -0.25) is 9.59 Å². The Balaban J connectivity index is 4.68. The van der Waals surface area contributed by atoms with Crippen LogP contribution in [0, 0.1) is 11.8 Å². The second-order valence-corrected chi connectivity index (χ2v) is 5.33. The monoisotopic (exact) mass is 257 g/mol. The molecule has 18 heavy (non-hydrogen) atoms. The predicted octanol–water partition coefficient (Wildman–Crippen LogP) is 2.47. The summed E-state index contributed by atoms with van der Waals surface area (Å²) < 4.78 is 4.71. The molecule has 0 bridgehead atoms. The molecule has 1 amide bonds. The van der Waals surface area contributed by atoms with Gasteiger partial charge in [-0.25, -0.2) is 0 Å². The number of hydrogen-bond donors (Lipinski definition) is 0. The molecule has 0 rings (SSSR count). The van der Waals surface area contributed by atoms with Gasteiger partial charge in [0.1, 0.15) is 0 Å². The van der Waals surface area contributed by atoms with E-state index in [4.69, 9.17) is 4.74 Å². The average molecular weight is 257 g/mol. The summed E-state index contributed by atoms with van der Waals surface area (Å²) in [7, 11) is 1.38. The van der Waals surface area contributed by atoms with Crippen molar-refractivity contribution in [2.75, 3.05) is 13.7 Å². The highest BCUT2D eigenvalue weighted by Crippen LogP contribution is 2.13. The van der Waals surface area contributed by atoms with Gasteiger partial charge in [0, 0.05) is 19.0 Å². The molecule has 0 heterocycles. The zero-order valence-electron chi connectivity index (χ0n) is 12.5. The largest absolute Gasteiger partial charge is 0.469 e. The summed E-state index contributed by atoms with van der Waals surface area (Å²) in [5.74, 6) is -0.0895. The Morgan fingerprint density at radius 3 is 2.11 bits per heavy atom. The van der Waals surface area contributed by atoms with E-state index in [1.807, 2.05) is 32.6 Å². The Morgan fingerprint density at radius 1 is 1.17 bits per heavy atom. The lowest BCUT2D eigenvalue weighted by atomic mass is 10.1. The molecule has 0 aliphatic rings. The molecule has 4 nitrogen and oxygen atoms in total. The van der Waals surface area contributed by atoms with E-state index in [-0.39, 0.29) is 23.8 Å². The molecule has 0 aromatic carbocycles. The molecule has 0 spiro atoms. The smallest absolute Gasteiger partial charge is 0.310 e. The summed E-state index contributed by atoms with van der Waals surface area (Å²) in [5, 5.41) is 0. The first-order chi connectivity index (χ1) is 8.33. The molecule has 0 radical (unpaired) electrons. The molecule has 4 heteroatoms. The maximum Gasteiger partial charge on any atom is 0.310 e. The van der Waals surface area contributed by atoms with E-state index < -0.39 is 0 Å². The number of rotatable bonds is 7. The standard InChI is InChI=1S/C14H27NO3/c1-7-12(5)15(13(16)8-10(2)3)9-11(4)14(17)18-6/h10-12H,7-9H2,1-6H3. The molecule has 0 aliphatic carbocycles. The van der Waals surface area contributed by atoms with E-state index in [0.717, 1.165) is 6.42 Å². The lowest BCUT2D eigenvalue weighted by Gasteiger charge is -2.31. The fourth-order valence-corrected chi connectivity index (χ4v) is 1.79. The van der Waals surface area contributed by atoms with Gasteiger partial charge in [-0.1, -0.05) is 27.7 Å². The van der Waals surface area contributed by atoms with Crippen LogP contribution in [-0.2, 0) is 14.3 Å². The first kappa shape index (κ1) is 16.9. The van der Waals surface area contributed by atoms with Crippen LogP contribution < -0.4 is 0 Å². The van der Waals surface area contributed by atoms with E-state index in [1.54, 1.807) is 6.92 Å². The maximum atomic E-state index is 12.2. The van der Waals surface area contributed by atoms with Gasteiger partial charge < -0.3 is 9.64 Å². The highest BCUT2D eigenvalue weighted by molar-refractivity contribution is 5.78. The van der Waals surface area contributed by atoms with Crippen LogP contribution in [0.3, 0.4) is 0 Å². The molecule has 0 saturated carbocycles. The molecule has 0 aromatic heterocycles. The van der Waals surface area contributed by atoms with E-state index in [2.05, 4.69) is 0 Å². The van der Waals surface area contributed by atoms with E-state index in [1.165, 1.54) is 7.11 Å². The zero-order chi connectivity index (χ0) is 14.3. The Hall–Kier alpha value is -1.06. The molecule has 0 saturated heterocycles. The summed E-state index contributed by atoms with van der Waals surface area (Å²) in [5.41, 5.74) is 0. The highest BCUT2D eigenvalue weighted by atomic mass is 16.5. The maximum absolute atomic E-state index is 12.2. The van der Waals surface area contributed by atoms with Crippen LogP contribution in [0.4, 0.5) is 0 Å². The van der Waals surface area contributed by atoms with Crippen molar-refractivity contribution < 1.29 is 14.3 Å². The number of esters is 1. The van der Waals surface area contributed by atoms with Crippen molar-refractivity contribution in [2.45, 2.75) is 53.5 Å². The molecular weight excluding hydrogens is 230 g/mol. The van der Waals surface area contributed by atoms with Gasteiger partial charge >= 0.3 is 5.97 Å². The van der Waals surface area contributed by atoms with Gasteiger partial charge in [-0.2, -0.15) is 0 Å². The zero-order valence-corrected chi connectivity index (χ0v) is 12.5. The molecule has 106 valence electrons. The number of carbonyl (C=O) groups is 2. The van der Waals surface area contributed by atoms with Gasteiger partial charge in [-0.15, -0.1) is 0 Å². The molecule has 0 N–H and O–H groups in total. The average Bonchev–Trinajstić information content (AvgIpc) is 2.32. The normalized spacial score (nSPS) is 14.2. The Morgan fingerprint density at radius 2 is 1.72 bits per heavy atom. The quantitative estimate of drug-likeness (QED) is 0.658. The van der Waals surface area contributed by atoms with Crippen molar-refractivity contribution in [3.8, 4) is 0 Å². The second-order valence-electron chi connectivity index (χ2n) is 5.33. The van der Waals surface area contributed by atoms with Gasteiger partial charge in [0.15, 0.2) is 0 Å². The van der Waals surface area contributed by atoms with Crippen LogP contribution in [0.25, 0.3) is 0 Å². The molecule has 2 unspecified atom stereocenters. The highest BCUT2D eigenvalue weighted by Gasteiger charge is 2.24. The summed E-state index contributed by atoms with van der Waals surface area (Å²) in [6.45, 7) is 10.3. The first-order valence-corrected chi connectivity index (χ1v) is 6.70. The van der Waals surface area contributed by atoms with Crippen LogP contribution >= 0.6 is 0 Å². The molecular formula is C14H27NO3. The van der Waals surface area contributed by atoms with Gasteiger partial charge in [-0.05, 0) is 19.3 Å². The van der Waals surface area contributed by atoms with Crippen LogP contribution in [0.5, 0.6) is 0 Å². The first-order valence-electron chi connectivity index (χ1n) is 6.70. The van der Waals surface area contributed by atoms with Gasteiger partial charge in [0.2, 0.25) is 5.91 Å². The number of ether oxygens (including phenoxy) is 1. The van der Waals surface area contributed by atoms with Crippen LogP contribution in [0.1, 0.15) is 47.5 Å². The molecule has 2 atom stereocenters. The van der Waals surface area contributed by atoms with Crippen molar-refractivity contribution in [2.24, 2.45) is 11.8 Å². The van der Waals surface area contributed by atoms with Crippen LogP contribution in [-0.4, -0.2) is 36.5 Å². The van der Waals surface area contributed by atoms with Crippen LogP contribution in [0.2, 0.25) is 0 Å². The predicted molar refractivity (Wildman–Crippen MR) is 72.1 cm³/mol. The Bertz CT molecular complexity index is 276. The number of carbonyl (C=O) groups excluding carboxylic acids is 2. The lowest BCUT2D eigenvalue weighted by molar-refractivity contribution is -0.147. The topological polar surface area (TPSA) is 46.6 Å². The minimum atomic E-state index is -0.278. The van der Waals surface area contributed by atoms with Crippen molar-refractivity contribution in [3.63, 3.8) is 0 Å². The van der Waals surface area contributed by atoms with Crippen molar-refractivity contribution in [1.29, 1.82) is 0 Å². The number of methoxy groups -OCH3 is 1. The molecule has 0 aliphatic heterocycles. The van der Waals surface area contributed by atoms with E-state index in [9.17, 15) is 9.59 Å². The number of amides is 1. The van der Waals surface area contributed by atoms with E-state index in [0.29, 0.717) is 18.9 Å². The third-order valence-corrected chi connectivity index (χ3v) is 3.10. The van der Waals surface area contributed by atoms with Gasteiger partial charge in [0.25, 0.3) is 0 Å². The minimum absolute atomic E-state index is 0.120. The number of hydrogen-bond acceptors (Lipinski definition) is 3. The fraction of sp³-hybridized carbons (Fsp3) is 0.857. The van der Waals surface area contributed by atoms with Crippen molar-refractivity contribution >= 4 is 11.9 Å². The Kier molecular flexibility index (Phi) is 7.64. The van der Waals surface area contributed by atoms with Crippen molar-refractivity contribution in [1.82, 2.24) is 4.90 Å². The Labute approximate surface area is 111 Å². The van der Waals surface area contributed by atoms with Gasteiger partial charge in [0.05, 0.1) is 13.0 Å².